The van der Waals surface area contributed by atoms with E-state index in [2.05, 4.69) is 22.2 Å². The molecule has 0 radical (unpaired) electrons. The van der Waals surface area contributed by atoms with E-state index in [0.717, 1.165) is 22.2 Å². The molecule has 160 valence electrons. The van der Waals surface area contributed by atoms with Gasteiger partial charge in [-0.1, -0.05) is 11.6 Å². The second kappa shape index (κ2) is 7.67. The summed E-state index contributed by atoms with van der Waals surface area (Å²) < 4.78 is 8.23. The number of ether oxygens (including phenoxy) is 1. The van der Waals surface area contributed by atoms with Gasteiger partial charge in [0.25, 0.3) is 0 Å². The summed E-state index contributed by atoms with van der Waals surface area (Å²) in [6, 6.07) is -0.123. The molecule has 9 heteroatoms. The van der Waals surface area contributed by atoms with E-state index >= 15 is 0 Å². The lowest BCUT2D eigenvalue weighted by Crippen LogP contribution is -2.46. The molecule has 0 spiro atoms. The second-order valence-electron chi connectivity index (χ2n) is 8.06. The van der Waals surface area contributed by atoms with Crippen molar-refractivity contribution in [2.45, 2.75) is 52.2 Å². The lowest BCUT2D eigenvalue weighted by molar-refractivity contribution is -0.120. The Kier molecular flexibility index (Phi) is 5.32. The fourth-order valence-corrected chi connectivity index (χ4v) is 5.04. The third kappa shape index (κ3) is 3.18. The summed E-state index contributed by atoms with van der Waals surface area (Å²) in [5.41, 5.74) is 8.94. The van der Waals surface area contributed by atoms with Gasteiger partial charge in [-0.25, -0.2) is 14.6 Å². The number of fused-ring (bicyclic) bond motifs is 1. The Morgan fingerprint density at radius 3 is 2.87 bits per heavy atom. The molecule has 2 aromatic rings. The molecule has 1 amide bonds. The molecule has 1 aliphatic carbocycles. The van der Waals surface area contributed by atoms with Gasteiger partial charge in [0.05, 0.1) is 22.7 Å². The van der Waals surface area contributed by atoms with Crippen molar-refractivity contribution in [3.8, 4) is 0 Å². The summed E-state index contributed by atoms with van der Waals surface area (Å²) in [5.74, 6) is 0.484. The lowest BCUT2D eigenvalue weighted by atomic mass is 9.72. The molecule has 0 aromatic carbocycles. The number of amides is 1. The molecular formula is C21H27ClN6O2. The van der Waals surface area contributed by atoms with E-state index in [0.29, 0.717) is 42.5 Å². The molecular weight excluding hydrogens is 404 g/mol. The summed E-state index contributed by atoms with van der Waals surface area (Å²) in [4.78, 5) is 20.5. The zero-order valence-electron chi connectivity index (χ0n) is 17.7. The van der Waals surface area contributed by atoms with Crippen molar-refractivity contribution < 1.29 is 9.53 Å². The van der Waals surface area contributed by atoms with Crippen molar-refractivity contribution in [3.63, 3.8) is 0 Å². The first-order valence-electron chi connectivity index (χ1n) is 10.2. The zero-order chi connectivity index (χ0) is 21.6. The minimum Gasteiger partial charge on any atom is -0.383 e. The number of nitrogens with two attached hydrogens (primary N) is 1. The fourth-order valence-electron chi connectivity index (χ4n) is 4.74. The molecule has 2 aromatic heterocycles. The van der Waals surface area contributed by atoms with Crippen LogP contribution < -0.4 is 11.1 Å². The molecule has 1 fully saturated rings. The van der Waals surface area contributed by atoms with Gasteiger partial charge in [0, 0.05) is 36.9 Å². The van der Waals surface area contributed by atoms with Gasteiger partial charge in [0.1, 0.15) is 12.1 Å². The summed E-state index contributed by atoms with van der Waals surface area (Å²) in [5, 5.41) is 9.06. The van der Waals surface area contributed by atoms with E-state index in [4.69, 9.17) is 27.2 Å². The predicted molar refractivity (Wildman–Crippen MR) is 116 cm³/mol. The van der Waals surface area contributed by atoms with E-state index in [1.807, 2.05) is 31.5 Å². The number of hydrogen-bond donors (Lipinski definition) is 2. The largest absolute Gasteiger partial charge is 0.383 e. The molecule has 3 N–H and O–H groups in total. The number of carbonyl (C=O) groups excluding carboxylic acids is 1. The van der Waals surface area contributed by atoms with Gasteiger partial charge in [-0.3, -0.25) is 4.79 Å². The summed E-state index contributed by atoms with van der Waals surface area (Å²) in [7, 11) is 0. The lowest BCUT2D eigenvalue weighted by Gasteiger charge is -2.43. The molecule has 8 nitrogen and oxygen atoms in total. The quantitative estimate of drug-likeness (QED) is 0.754. The maximum Gasteiger partial charge on any atom is 0.220 e. The van der Waals surface area contributed by atoms with Gasteiger partial charge >= 0.3 is 0 Å². The number of anilines is 1. The van der Waals surface area contributed by atoms with Crippen LogP contribution in [0.2, 0.25) is 0 Å². The van der Waals surface area contributed by atoms with Crippen molar-refractivity contribution in [1.82, 2.24) is 25.1 Å². The van der Waals surface area contributed by atoms with Crippen LogP contribution in [0.4, 0.5) is 5.82 Å². The number of nitrogens with one attached hydrogen (secondary N) is 1. The Morgan fingerprint density at radius 1 is 1.43 bits per heavy atom. The Bertz CT molecular complexity index is 1070. The Balaban J connectivity index is 1.77. The number of halogens is 1. The third-order valence-electron chi connectivity index (χ3n) is 6.41. The van der Waals surface area contributed by atoms with E-state index in [1.54, 1.807) is 0 Å². The van der Waals surface area contributed by atoms with Gasteiger partial charge in [0.15, 0.2) is 5.65 Å². The van der Waals surface area contributed by atoms with Gasteiger partial charge in [-0.15, -0.1) is 0 Å². The standard InChI is InChI=1S/C21H27ClN6O2/c1-5-30-21(15-7-17(29)24-9-15)8-14(6-16(22)11(21)2)13(4)28-20-18(12(3)27-28)19(23)25-10-26-20/h6,10,13,15H,5,7-9H2,1-4H3,(H,24,29)(H2,23,25,26). The predicted octanol–water partition coefficient (Wildman–Crippen LogP) is 3.03. The number of nitrogen functional groups attached to an aromatic ring is 1. The Labute approximate surface area is 180 Å². The van der Waals surface area contributed by atoms with Crippen LogP contribution >= 0.6 is 11.6 Å². The smallest absolute Gasteiger partial charge is 0.220 e. The number of allylic oxidation sites excluding steroid dienone is 2. The van der Waals surface area contributed by atoms with E-state index in [9.17, 15) is 4.79 Å². The summed E-state index contributed by atoms with van der Waals surface area (Å²) in [6.07, 6.45) is 4.51. The van der Waals surface area contributed by atoms with Crippen LogP contribution in [0.3, 0.4) is 0 Å². The maximum atomic E-state index is 12.0. The minimum absolute atomic E-state index is 0.0173. The minimum atomic E-state index is -0.630. The normalized spacial score (nSPS) is 25.6. The van der Waals surface area contributed by atoms with Gasteiger partial charge in [-0.2, -0.15) is 5.10 Å². The summed E-state index contributed by atoms with van der Waals surface area (Å²) in [6.45, 7) is 9.04. The van der Waals surface area contributed by atoms with Crippen molar-refractivity contribution in [3.05, 3.63) is 34.3 Å². The molecule has 1 aliphatic heterocycles. The van der Waals surface area contributed by atoms with Crippen LogP contribution in [0.15, 0.2) is 28.6 Å². The molecule has 0 bridgehead atoms. The highest BCUT2D eigenvalue weighted by molar-refractivity contribution is 6.31. The van der Waals surface area contributed by atoms with Crippen LogP contribution in [-0.2, 0) is 9.53 Å². The highest BCUT2D eigenvalue weighted by Crippen LogP contribution is 2.47. The van der Waals surface area contributed by atoms with Crippen LogP contribution in [0, 0.1) is 12.8 Å². The Morgan fingerprint density at radius 2 is 2.20 bits per heavy atom. The van der Waals surface area contributed by atoms with Crippen LogP contribution in [-0.4, -0.2) is 44.4 Å². The molecule has 3 atom stereocenters. The van der Waals surface area contributed by atoms with Crippen molar-refractivity contribution in [2.24, 2.45) is 5.92 Å². The number of rotatable bonds is 5. The SMILES string of the molecule is CCOC1(C2CNC(=O)C2)CC(C(C)n2nc(C)c3c(N)ncnc32)=CC(Cl)=C1C. The van der Waals surface area contributed by atoms with E-state index in [1.165, 1.54) is 6.33 Å². The highest BCUT2D eigenvalue weighted by Gasteiger charge is 2.48. The van der Waals surface area contributed by atoms with Crippen LogP contribution in [0.5, 0.6) is 0 Å². The molecule has 2 aliphatic rings. The van der Waals surface area contributed by atoms with Crippen molar-refractivity contribution >= 4 is 34.4 Å². The Hall–Kier alpha value is -2.45. The first-order chi connectivity index (χ1) is 14.3. The van der Waals surface area contributed by atoms with E-state index < -0.39 is 5.60 Å². The van der Waals surface area contributed by atoms with Gasteiger partial charge in [0.2, 0.25) is 5.91 Å². The first kappa shape index (κ1) is 20.8. The van der Waals surface area contributed by atoms with Crippen molar-refractivity contribution in [1.29, 1.82) is 0 Å². The fraction of sp³-hybridized carbons (Fsp3) is 0.524. The highest BCUT2D eigenvalue weighted by atomic mass is 35.5. The zero-order valence-corrected chi connectivity index (χ0v) is 18.5. The number of aryl methyl sites for hydroxylation is 1. The molecule has 1 saturated heterocycles. The molecule has 30 heavy (non-hydrogen) atoms. The monoisotopic (exact) mass is 430 g/mol. The third-order valence-corrected chi connectivity index (χ3v) is 6.80. The molecule has 3 heterocycles. The van der Waals surface area contributed by atoms with Gasteiger partial charge < -0.3 is 15.8 Å². The first-order valence-corrected chi connectivity index (χ1v) is 10.6. The average molecular weight is 431 g/mol. The number of carbonyl (C=O) groups is 1. The topological polar surface area (TPSA) is 108 Å². The molecule has 4 rings (SSSR count). The average Bonchev–Trinajstić information content (AvgIpc) is 3.29. The van der Waals surface area contributed by atoms with Crippen LogP contribution in [0.1, 0.15) is 45.3 Å². The van der Waals surface area contributed by atoms with Crippen LogP contribution in [0.25, 0.3) is 11.0 Å². The number of hydrogen-bond acceptors (Lipinski definition) is 6. The second-order valence-corrected chi connectivity index (χ2v) is 8.47. The van der Waals surface area contributed by atoms with Gasteiger partial charge in [-0.05, 0) is 44.9 Å². The van der Waals surface area contributed by atoms with Crippen molar-refractivity contribution in [2.75, 3.05) is 18.9 Å². The number of aromatic nitrogens is 4. The molecule has 3 unspecified atom stereocenters. The van der Waals surface area contributed by atoms with E-state index in [-0.39, 0.29) is 17.9 Å². The summed E-state index contributed by atoms with van der Waals surface area (Å²) >= 11 is 6.72. The molecule has 0 saturated carbocycles. The number of nitrogens with zero attached hydrogens (tertiary/aromatic N) is 4. The maximum absolute atomic E-state index is 12.0.